The van der Waals surface area contributed by atoms with Crippen molar-refractivity contribution in [3.63, 3.8) is 0 Å². The summed E-state index contributed by atoms with van der Waals surface area (Å²) in [6.07, 6.45) is 1.73. The molecule has 1 aliphatic rings. The van der Waals surface area contributed by atoms with E-state index in [1.807, 2.05) is 24.3 Å². The third-order valence-corrected chi connectivity index (χ3v) is 2.64. The van der Waals surface area contributed by atoms with Crippen LogP contribution in [0.15, 0.2) is 30.5 Å². The lowest BCUT2D eigenvalue weighted by atomic mass is 10.0. The summed E-state index contributed by atoms with van der Waals surface area (Å²) >= 11 is 0. The number of rotatable bonds is 0. The Labute approximate surface area is 86.9 Å². The second-order valence-corrected chi connectivity index (χ2v) is 3.45. The molecule has 3 nitrogen and oxygen atoms in total. The SMILES string of the molecule is N#Cc1c[nH]c2c1COc1ccccc1-2. The topological polar surface area (TPSA) is 48.8 Å². The molecule has 15 heavy (non-hydrogen) atoms. The van der Waals surface area contributed by atoms with Crippen LogP contribution < -0.4 is 4.74 Å². The van der Waals surface area contributed by atoms with Crippen LogP contribution in [0.3, 0.4) is 0 Å². The molecule has 0 amide bonds. The van der Waals surface area contributed by atoms with Gasteiger partial charge < -0.3 is 9.72 Å². The molecule has 0 aliphatic carbocycles. The molecule has 0 fully saturated rings. The summed E-state index contributed by atoms with van der Waals surface area (Å²) < 4.78 is 5.58. The second kappa shape index (κ2) is 2.89. The summed E-state index contributed by atoms with van der Waals surface area (Å²) in [5.74, 6) is 0.872. The van der Waals surface area contributed by atoms with Gasteiger partial charge in [-0.2, -0.15) is 5.26 Å². The minimum Gasteiger partial charge on any atom is -0.488 e. The lowest BCUT2D eigenvalue weighted by Gasteiger charge is -2.17. The van der Waals surface area contributed by atoms with E-state index < -0.39 is 0 Å². The van der Waals surface area contributed by atoms with E-state index in [-0.39, 0.29) is 0 Å². The van der Waals surface area contributed by atoms with Crippen molar-refractivity contribution in [2.75, 3.05) is 0 Å². The number of benzene rings is 1. The van der Waals surface area contributed by atoms with Gasteiger partial charge in [0.2, 0.25) is 0 Å². The van der Waals surface area contributed by atoms with E-state index >= 15 is 0 Å². The number of aromatic amines is 1. The fraction of sp³-hybridized carbons (Fsp3) is 0.0833. The number of nitriles is 1. The van der Waals surface area contributed by atoms with Crippen LogP contribution in [0.4, 0.5) is 0 Å². The molecule has 2 aromatic rings. The van der Waals surface area contributed by atoms with Gasteiger partial charge in [0.1, 0.15) is 18.4 Å². The number of hydrogen-bond donors (Lipinski definition) is 1. The zero-order chi connectivity index (χ0) is 10.3. The van der Waals surface area contributed by atoms with Crippen molar-refractivity contribution in [2.45, 2.75) is 6.61 Å². The Bertz CT molecular complexity index is 563. The summed E-state index contributed by atoms with van der Waals surface area (Å²) in [5, 5.41) is 8.90. The maximum atomic E-state index is 8.90. The minimum absolute atomic E-state index is 0.471. The van der Waals surface area contributed by atoms with Gasteiger partial charge in [0, 0.05) is 17.3 Å². The van der Waals surface area contributed by atoms with Crippen molar-refractivity contribution in [3.8, 4) is 23.1 Å². The maximum absolute atomic E-state index is 8.90. The summed E-state index contributed by atoms with van der Waals surface area (Å²) in [4.78, 5) is 3.13. The fourth-order valence-corrected chi connectivity index (χ4v) is 1.89. The standard InChI is InChI=1S/C12H8N2O/c13-5-8-6-14-12-9-3-1-2-4-11(9)15-7-10(8)12/h1-4,6,14H,7H2. The number of para-hydroxylation sites is 1. The summed E-state index contributed by atoms with van der Waals surface area (Å²) in [5.41, 5.74) is 3.66. The second-order valence-electron chi connectivity index (χ2n) is 3.45. The van der Waals surface area contributed by atoms with Crippen molar-refractivity contribution in [3.05, 3.63) is 41.6 Å². The highest BCUT2D eigenvalue weighted by atomic mass is 16.5. The van der Waals surface area contributed by atoms with Gasteiger partial charge in [-0.15, -0.1) is 0 Å². The number of ether oxygens (including phenoxy) is 1. The van der Waals surface area contributed by atoms with E-state index in [1.54, 1.807) is 6.20 Å². The zero-order valence-corrected chi connectivity index (χ0v) is 7.95. The van der Waals surface area contributed by atoms with Crippen LogP contribution in [0, 0.1) is 11.3 Å². The Morgan fingerprint density at radius 1 is 1.33 bits per heavy atom. The number of H-pyrrole nitrogens is 1. The molecule has 0 spiro atoms. The quantitative estimate of drug-likeness (QED) is 0.703. The normalized spacial score (nSPS) is 12.2. The first-order valence-electron chi connectivity index (χ1n) is 4.72. The molecule has 1 N–H and O–H groups in total. The first kappa shape index (κ1) is 8.13. The average molecular weight is 196 g/mol. The van der Waals surface area contributed by atoms with Crippen molar-refractivity contribution < 1.29 is 4.74 Å². The van der Waals surface area contributed by atoms with Crippen LogP contribution in [0.5, 0.6) is 5.75 Å². The van der Waals surface area contributed by atoms with Gasteiger partial charge >= 0.3 is 0 Å². The third-order valence-electron chi connectivity index (χ3n) is 2.64. The van der Waals surface area contributed by atoms with Gasteiger partial charge in [0.15, 0.2) is 0 Å². The summed E-state index contributed by atoms with van der Waals surface area (Å²) in [7, 11) is 0. The lowest BCUT2D eigenvalue weighted by molar-refractivity contribution is 0.302. The molecule has 1 aliphatic heterocycles. The average Bonchev–Trinajstić information content (AvgIpc) is 2.72. The molecule has 0 saturated heterocycles. The van der Waals surface area contributed by atoms with Crippen LogP contribution in [0.2, 0.25) is 0 Å². The molecule has 0 radical (unpaired) electrons. The van der Waals surface area contributed by atoms with E-state index in [4.69, 9.17) is 10.00 Å². The Kier molecular flexibility index (Phi) is 1.57. The zero-order valence-electron chi connectivity index (χ0n) is 7.95. The Morgan fingerprint density at radius 2 is 2.20 bits per heavy atom. The molecular formula is C12H8N2O. The van der Waals surface area contributed by atoms with E-state index in [9.17, 15) is 0 Å². The van der Waals surface area contributed by atoms with E-state index in [1.165, 1.54) is 0 Å². The first-order chi connectivity index (χ1) is 7.40. The van der Waals surface area contributed by atoms with E-state index in [2.05, 4.69) is 11.1 Å². The van der Waals surface area contributed by atoms with Crippen molar-refractivity contribution >= 4 is 0 Å². The van der Waals surface area contributed by atoms with Gasteiger partial charge in [0.05, 0.1) is 11.3 Å². The molecule has 72 valence electrons. The third kappa shape index (κ3) is 1.05. The predicted molar refractivity (Wildman–Crippen MR) is 55.3 cm³/mol. The molecule has 2 heterocycles. The molecule has 0 bridgehead atoms. The van der Waals surface area contributed by atoms with Gasteiger partial charge in [-0.25, -0.2) is 0 Å². The molecule has 0 saturated carbocycles. The highest BCUT2D eigenvalue weighted by Crippen LogP contribution is 2.37. The number of fused-ring (bicyclic) bond motifs is 3. The van der Waals surface area contributed by atoms with Gasteiger partial charge in [-0.05, 0) is 12.1 Å². The van der Waals surface area contributed by atoms with Gasteiger partial charge in [-0.1, -0.05) is 12.1 Å². The number of hydrogen-bond acceptors (Lipinski definition) is 2. The lowest BCUT2D eigenvalue weighted by Crippen LogP contribution is -2.04. The summed E-state index contributed by atoms with van der Waals surface area (Å²) in [6.45, 7) is 0.471. The molecule has 3 rings (SSSR count). The molecule has 0 atom stereocenters. The summed E-state index contributed by atoms with van der Waals surface area (Å²) in [6, 6.07) is 9.99. The fourth-order valence-electron chi connectivity index (χ4n) is 1.89. The largest absolute Gasteiger partial charge is 0.488 e. The molecule has 1 aromatic heterocycles. The van der Waals surface area contributed by atoms with Crippen LogP contribution in [0.1, 0.15) is 11.1 Å². The highest BCUT2D eigenvalue weighted by Gasteiger charge is 2.20. The van der Waals surface area contributed by atoms with Crippen molar-refractivity contribution in [1.29, 1.82) is 5.26 Å². The maximum Gasteiger partial charge on any atom is 0.129 e. The van der Waals surface area contributed by atoms with Gasteiger partial charge in [0.25, 0.3) is 0 Å². The van der Waals surface area contributed by atoms with Crippen LogP contribution in [0.25, 0.3) is 11.3 Å². The van der Waals surface area contributed by atoms with Crippen LogP contribution in [-0.2, 0) is 6.61 Å². The highest BCUT2D eigenvalue weighted by molar-refractivity contribution is 5.74. The Morgan fingerprint density at radius 3 is 3.07 bits per heavy atom. The van der Waals surface area contributed by atoms with E-state index in [0.29, 0.717) is 12.2 Å². The number of aromatic nitrogens is 1. The van der Waals surface area contributed by atoms with Crippen LogP contribution in [-0.4, -0.2) is 4.98 Å². The smallest absolute Gasteiger partial charge is 0.129 e. The Hall–Kier alpha value is -2.21. The molecule has 3 heteroatoms. The van der Waals surface area contributed by atoms with Crippen molar-refractivity contribution in [1.82, 2.24) is 4.98 Å². The molecular weight excluding hydrogens is 188 g/mol. The van der Waals surface area contributed by atoms with Crippen LogP contribution >= 0.6 is 0 Å². The Balaban J connectivity index is 2.28. The molecule has 0 unspecified atom stereocenters. The van der Waals surface area contributed by atoms with Crippen molar-refractivity contribution in [2.24, 2.45) is 0 Å². The monoisotopic (exact) mass is 196 g/mol. The predicted octanol–water partition coefficient (Wildman–Crippen LogP) is 2.45. The minimum atomic E-state index is 0.471. The van der Waals surface area contributed by atoms with E-state index in [0.717, 1.165) is 22.6 Å². The number of nitrogens with one attached hydrogen (secondary N) is 1. The van der Waals surface area contributed by atoms with Gasteiger partial charge in [-0.3, -0.25) is 0 Å². The molecule has 1 aromatic carbocycles. The number of nitrogens with zero attached hydrogens (tertiary/aromatic N) is 1. The first-order valence-corrected chi connectivity index (χ1v) is 4.72.